The van der Waals surface area contributed by atoms with Crippen molar-refractivity contribution in [1.82, 2.24) is 24.4 Å². The predicted molar refractivity (Wildman–Crippen MR) is 117 cm³/mol. The average molecular weight is 433 g/mol. The molecule has 4 aromatic rings. The van der Waals surface area contributed by atoms with Crippen LogP contribution in [-0.2, 0) is 24.9 Å². The number of hydrogen-bond acceptors (Lipinski definition) is 5. The Morgan fingerprint density at radius 2 is 1.88 bits per heavy atom. The first-order valence-electron chi connectivity index (χ1n) is 9.88. The Balaban J connectivity index is 1.63. The Morgan fingerprint density at radius 3 is 2.59 bits per heavy atom. The number of amides is 1. The second-order valence-corrected chi connectivity index (χ2v) is 7.44. The Bertz CT molecular complexity index is 1440. The van der Waals surface area contributed by atoms with E-state index >= 15 is 0 Å². The molecule has 0 saturated carbocycles. The molecule has 4 rings (SSSR count). The van der Waals surface area contributed by atoms with Gasteiger partial charge in [0.15, 0.2) is 11.5 Å². The number of carbonyl (C=O) groups excluding carboxylic acids is 1. The van der Waals surface area contributed by atoms with E-state index in [-0.39, 0.29) is 17.6 Å². The van der Waals surface area contributed by atoms with Gasteiger partial charge in [0.05, 0.1) is 0 Å². The maximum atomic E-state index is 13.3. The standard InChI is InChI=1S/C23H20FN5O3/c1-14-6-8-16(9-7-14)20-26-12-18-21(27-20)28(2)23(32)29(22(18)31)13-19(30)25-11-15-4-3-5-17(24)10-15/h3-10,12H,11,13H2,1-2H3,(H,25,30). The molecule has 0 fully saturated rings. The monoisotopic (exact) mass is 433 g/mol. The number of aryl methyl sites for hydroxylation is 2. The molecule has 0 atom stereocenters. The van der Waals surface area contributed by atoms with Gasteiger partial charge in [0.1, 0.15) is 17.7 Å². The molecule has 0 saturated heterocycles. The summed E-state index contributed by atoms with van der Waals surface area (Å²) in [5.74, 6) is -0.580. The SMILES string of the molecule is Cc1ccc(-c2ncc3c(=O)n(CC(=O)NCc4cccc(F)c4)c(=O)n(C)c3n2)cc1. The summed E-state index contributed by atoms with van der Waals surface area (Å²) >= 11 is 0. The highest BCUT2D eigenvalue weighted by Crippen LogP contribution is 2.17. The van der Waals surface area contributed by atoms with E-state index in [1.54, 1.807) is 6.07 Å². The number of aromatic nitrogens is 4. The minimum Gasteiger partial charge on any atom is -0.350 e. The zero-order valence-electron chi connectivity index (χ0n) is 17.5. The maximum Gasteiger partial charge on any atom is 0.332 e. The highest BCUT2D eigenvalue weighted by Gasteiger charge is 2.16. The summed E-state index contributed by atoms with van der Waals surface area (Å²) in [7, 11) is 1.48. The summed E-state index contributed by atoms with van der Waals surface area (Å²) in [6, 6.07) is 13.3. The van der Waals surface area contributed by atoms with Crippen LogP contribution in [0, 0.1) is 12.7 Å². The Hall–Kier alpha value is -4.14. The Kier molecular flexibility index (Phi) is 5.63. The number of nitrogens with zero attached hydrogens (tertiary/aromatic N) is 4. The summed E-state index contributed by atoms with van der Waals surface area (Å²) in [5.41, 5.74) is 1.26. The van der Waals surface area contributed by atoms with E-state index < -0.39 is 29.5 Å². The van der Waals surface area contributed by atoms with Crippen molar-refractivity contribution < 1.29 is 9.18 Å². The lowest BCUT2D eigenvalue weighted by Gasteiger charge is -2.11. The third-order valence-electron chi connectivity index (χ3n) is 5.07. The van der Waals surface area contributed by atoms with Crippen molar-refractivity contribution in [3.8, 4) is 11.4 Å². The molecule has 32 heavy (non-hydrogen) atoms. The van der Waals surface area contributed by atoms with E-state index in [4.69, 9.17) is 0 Å². The normalized spacial score (nSPS) is 11.0. The molecule has 0 bridgehead atoms. The van der Waals surface area contributed by atoms with Crippen LogP contribution in [0.25, 0.3) is 22.4 Å². The van der Waals surface area contributed by atoms with Gasteiger partial charge in [0.25, 0.3) is 5.56 Å². The molecule has 9 heteroatoms. The number of halogens is 1. The number of nitrogens with one attached hydrogen (secondary N) is 1. The van der Waals surface area contributed by atoms with Crippen LogP contribution >= 0.6 is 0 Å². The van der Waals surface area contributed by atoms with E-state index in [1.165, 1.54) is 36.0 Å². The van der Waals surface area contributed by atoms with Crippen LogP contribution in [-0.4, -0.2) is 25.0 Å². The molecule has 1 N–H and O–H groups in total. The molecule has 2 aromatic heterocycles. The third kappa shape index (κ3) is 4.18. The summed E-state index contributed by atoms with van der Waals surface area (Å²) in [4.78, 5) is 46.7. The van der Waals surface area contributed by atoms with Gasteiger partial charge in [-0.25, -0.2) is 19.2 Å². The first-order chi connectivity index (χ1) is 15.3. The molecular formula is C23H20FN5O3. The van der Waals surface area contributed by atoms with Crippen LogP contribution in [0.5, 0.6) is 0 Å². The summed E-state index contributed by atoms with van der Waals surface area (Å²) < 4.78 is 15.3. The molecule has 0 spiro atoms. The summed E-state index contributed by atoms with van der Waals surface area (Å²) in [6.45, 7) is 1.56. The van der Waals surface area contributed by atoms with Gasteiger partial charge in [-0.3, -0.25) is 18.7 Å². The molecule has 0 aliphatic heterocycles. The van der Waals surface area contributed by atoms with Gasteiger partial charge in [-0.05, 0) is 24.6 Å². The third-order valence-corrected chi connectivity index (χ3v) is 5.07. The fourth-order valence-electron chi connectivity index (χ4n) is 3.31. The van der Waals surface area contributed by atoms with E-state index in [9.17, 15) is 18.8 Å². The van der Waals surface area contributed by atoms with Gasteiger partial charge in [-0.15, -0.1) is 0 Å². The van der Waals surface area contributed by atoms with Crippen LogP contribution in [0.4, 0.5) is 4.39 Å². The predicted octanol–water partition coefficient (Wildman–Crippen LogP) is 1.92. The first-order valence-corrected chi connectivity index (χ1v) is 9.88. The van der Waals surface area contributed by atoms with E-state index in [1.807, 2.05) is 31.2 Å². The van der Waals surface area contributed by atoms with Crippen molar-refractivity contribution in [2.45, 2.75) is 20.0 Å². The smallest absolute Gasteiger partial charge is 0.332 e. The summed E-state index contributed by atoms with van der Waals surface area (Å²) in [6.07, 6.45) is 1.36. The van der Waals surface area contributed by atoms with Crippen LogP contribution in [0.1, 0.15) is 11.1 Å². The van der Waals surface area contributed by atoms with Crippen molar-refractivity contribution in [1.29, 1.82) is 0 Å². The van der Waals surface area contributed by atoms with Crippen LogP contribution < -0.4 is 16.6 Å². The second kappa shape index (κ2) is 8.54. The van der Waals surface area contributed by atoms with Crippen molar-refractivity contribution in [3.05, 3.63) is 92.5 Å². The lowest BCUT2D eigenvalue weighted by atomic mass is 10.1. The lowest BCUT2D eigenvalue weighted by molar-refractivity contribution is -0.121. The second-order valence-electron chi connectivity index (χ2n) is 7.44. The van der Waals surface area contributed by atoms with E-state index in [0.717, 1.165) is 15.7 Å². The molecule has 8 nitrogen and oxygen atoms in total. The van der Waals surface area contributed by atoms with E-state index in [2.05, 4.69) is 15.3 Å². The maximum absolute atomic E-state index is 13.3. The molecule has 1 amide bonds. The molecule has 0 aliphatic rings. The van der Waals surface area contributed by atoms with Gasteiger partial charge in [0.2, 0.25) is 5.91 Å². The molecule has 2 heterocycles. The van der Waals surface area contributed by atoms with Crippen LogP contribution in [0.2, 0.25) is 0 Å². The lowest BCUT2D eigenvalue weighted by Crippen LogP contribution is -2.43. The molecule has 162 valence electrons. The minimum absolute atomic E-state index is 0.0717. The van der Waals surface area contributed by atoms with Crippen molar-refractivity contribution >= 4 is 16.9 Å². The van der Waals surface area contributed by atoms with Gasteiger partial charge in [-0.2, -0.15) is 0 Å². The largest absolute Gasteiger partial charge is 0.350 e. The molecule has 0 unspecified atom stereocenters. The topological polar surface area (TPSA) is 98.9 Å². The van der Waals surface area contributed by atoms with Gasteiger partial charge in [0, 0.05) is 25.4 Å². The van der Waals surface area contributed by atoms with Crippen LogP contribution in [0.3, 0.4) is 0 Å². The molecule has 0 aliphatic carbocycles. The number of carbonyl (C=O) groups is 1. The molecule has 0 radical (unpaired) electrons. The van der Waals surface area contributed by atoms with E-state index in [0.29, 0.717) is 11.4 Å². The number of hydrogen-bond donors (Lipinski definition) is 1. The van der Waals surface area contributed by atoms with Crippen LogP contribution in [0.15, 0.2) is 64.3 Å². The van der Waals surface area contributed by atoms with Gasteiger partial charge >= 0.3 is 5.69 Å². The highest BCUT2D eigenvalue weighted by molar-refractivity contribution is 5.78. The first kappa shape index (κ1) is 21.1. The average Bonchev–Trinajstić information content (AvgIpc) is 2.79. The summed E-state index contributed by atoms with van der Waals surface area (Å²) in [5, 5.41) is 2.71. The fourth-order valence-corrected chi connectivity index (χ4v) is 3.31. The Labute approximate surface area is 182 Å². The van der Waals surface area contributed by atoms with Crippen molar-refractivity contribution in [3.63, 3.8) is 0 Å². The zero-order chi connectivity index (χ0) is 22.8. The number of benzene rings is 2. The number of rotatable bonds is 5. The quantitative estimate of drug-likeness (QED) is 0.519. The van der Waals surface area contributed by atoms with Gasteiger partial charge in [-0.1, -0.05) is 42.0 Å². The minimum atomic E-state index is -0.669. The van der Waals surface area contributed by atoms with Crippen molar-refractivity contribution in [2.75, 3.05) is 0 Å². The zero-order valence-corrected chi connectivity index (χ0v) is 17.5. The fraction of sp³-hybridized carbons (Fsp3) is 0.174. The number of fused-ring (bicyclic) bond motifs is 1. The molecule has 2 aromatic carbocycles. The van der Waals surface area contributed by atoms with Crippen molar-refractivity contribution in [2.24, 2.45) is 7.05 Å². The highest BCUT2D eigenvalue weighted by atomic mass is 19.1. The Morgan fingerprint density at radius 1 is 1.12 bits per heavy atom. The van der Waals surface area contributed by atoms with Gasteiger partial charge < -0.3 is 5.32 Å². The molecular weight excluding hydrogens is 413 g/mol.